The molecule has 0 amide bonds. The number of hydrogen-bond donors (Lipinski definition) is 0. The number of aromatic nitrogens is 3. The molecule has 0 radical (unpaired) electrons. The van der Waals surface area contributed by atoms with Crippen molar-refractivity contribution < 1.29 is 4.39 Å². The topological polar surface area (TPSA) is 47.8 Å². The zero-order valence-electron chi connectivity index (χ0n) is 8.10. The Labute approximate surface area is 98.9 Å². The van der Waals surface area contributed by atoms with Crippen molar-refractivity contribution in [3.63, 3.8) is 0 Å². The quantitative estimate of drug-likeness (QED) is 0.841. The Kier molecular flexibility index (Phi) is 3.09. The van der Waals surface area contributed by atoms with Crippen LogP contribution >= 0.6 is 15.9 Å². The van der Waals surface area contributed by atoms with Gasteiger partial charge in [-0.2, -0.15) is 0 Å². The lowest BCUT2D eigenvalue weighted by molar-refractivity contribution is 0.614. The normalized spacial score (nSPS) is 10.4. The molecule has 0 bridgehead atoms. The Hall–Kier alpha value is -1.56. The summed E-state index contributed by atoms with van der Waals surface area (Å²) in [6, 6.07) is 1.33. The Morgan fingerprint density at radius 2 is 2.12 bits per heavy atom. The van der Waals surface area contributed by atoms with Gasteiger partial charge in [0.1, 0.15) is 10.3 Å². The zero-order valence-corrected chi connectivity index (χ0v) is 9.69. The fourth-order valence-corrected chi connectivity index (χ4v) is 1.62. The van der Waals surface area contributed by atoms with Crippen LogP contribution in [0.2, 0.25) is 0 Å². The predicted molar refractivity (Wildman–Crippen MR) is 59.5 cm³/mol. The second-order valence-corrected chi connectivity index (χ2v) is 4.04. The van der Waals surface area contributed by atoms with Crippen LogP contribution in [0.1, 0.15) is 5.56 Å². The minimum Gasteiger partial charge on any atom is -0.294 e. The van der Waals surface area contributed by atoms with Crippen LogP contribution in [-0.4, -0.2) is 14.5 Å². The fraction of sp³-hybridized carbons (Fsp3) is 0.100. The summed E-state index contributed by atoms with van der Waals surface area (Å²) in [6.45, 7) is 0.246. The molecule has 2 aromatic heterocycles. The molecule has 2 rings (SSSR count). The van der Waals surface area contributed by atoms with Crippen molar-refractivity contribution >= 4 is 15.9 Å². The lowest BCUT2D eigenvalue weighted by Crippen LogP contribution is -2.21. The molecule has 0 aliphatic heterocycles. The number of hydrogen-bond acceptors (Lipinski definition) is 3. The third-order valence-electron chi connectivity index (χ3n) is 1.97. The van der Waals surface area contributed by atoms with E-state index in [1.165, 1.54) is 29.4 Å². The minimum atomic E-state index is -0.423. The van der Waals surface area contributed by atoms with Crippen molar-refractivity contribution in [2.75, 3.05) is 0 Å². The van der Waals surface area contributed by atoms with Crippen molar-refractivity contribution in [1.29, 1.82) is 0 Å². The first-order valence-electron chi connectivity index (χ1n) is 4.46. The molecule has 2 aromatic rings. The Bertz CT molecular complexity index is 570. The highest BCUT2D eigenvalue weighted by Gasteiger charge is 2.02. The van der Waals surface area contributed by atoms with Crippen molar-refractivity contribution in [3.05, 3.63) is 57.2 Å². The van der Waals surface area contributed by atoms with Gasteiger partial charge < -0.3 is 0 Å². The molecule has 0 saturated carbocycles. The van der Waals surface area contributed by atoms with Crippen molar-refractivity contribution in [1.82, 2.24) is 14.5 Å². The van der Waals surface area contributed by atoms with E-state index in [0.29, 0.717) is 10.0 Å². The average Bonchev–Trinajstić information content (AvgIpc) is 2.25. The summed E-state index contributed by atoms with van der Waals surface area (Å²) in [5, 5.41) is 0. The molecule has 82 valence electrons. The molecule has 0 atom stereocenters. The second-order valence-electron chi connectivity index (χ2n) is 3.19. The number of pyridine rings is 1. The summed E-state index contributed by atoms with van der Waals surface area (Å²) in [6.07, 6.45) is 5.45. The standard InChI is InChI=1S/C10H7BrFN3O/c11-9-4-14-6-15(10(9)16)5-7-1-8(12)3-13-2-7/h1-4,6H,5H2. The first-order chi connectivity index (χ1) is 7.66. The highest BCUT2D eigenvalue weighted by atomic mass is 79.9. The van der Waals surface area contributed by atoms with E-state index in [1.54, 1.807) is 0 Å². The van der Waals surface area contributed by atoms with Gasteiger partial charge in [0.2, 0.25) is 0 Å². The fourth-order valence-electron chi connectivity index (χ4n) is 1.28. The molecular weight excluding hydrogens is 277 g/mol. The van der Waals surface area contributed by atoms with E-state index in [-0.39, 0.29) is 12.1 Å². The summed E-state index contributed by atoms with van der Waals surface area (Å²) in [7, 11) is 0. The van der Waals surface area contributed by atoms with Crippen molar-refractivity contribution in [2.45, 2.75) is 6.54 Å². The highest BCUT2D eigenvalue weighted by Crippen LogP contribution is 2.03. The van der Waals surface area contributed by atoms with Gasteiger partial charge in [0.25, 0.3) is 5.56 Å². The third-order valence-corrected chi connectivity index (χ3v) is 2.52. The van der Waals surface area contributed by atoms with Crippen LogP contribution in [-0.2, 0) is 6.54 Å². The van der Waals surface area contributed by atoms with E-state index in [1.807, 2.05) is 0 Å². The molecule has 0 saturated heterocycles. The number of nitrogens with zero attached hydrogens (tertiary/aromatic N) is 3. The molecule has 0 N–H and O–H groups in total. The Balaban J connectivity index is 2.34. The van der Waals surface area contributed by atoms with Crippen LogP contribution in [0, 0.1) is 5.82 Å². The smallest absolute Gasteiger partial charge is 0.267 e. The summed E-state index contributed by atoms with van der Waals surface area (Å²) in [5.41, 5.74) is 0.404. The Morgan fingerprint density at radius 1 is 1.31 bits per heavy atom. The Morgan fingerprint density at radius 3 is 2.88 bits per heavy atom. The van der Waals surface area contributed by atoms with Gasteiger partial charge in [-0.05, 0) is 27.6 Å². The van der Waals surface area contributed by atoms with Crippen LogP contribution in [0.25, 0.3) is 0 Å². The molecule has 0 aliphatic carbocycles. The van der Waals surface area contributed by atoms with E-state index < -0.39 is 5.82 Å². The van der Waals surface area contributed by atoms with Gasteiger partial charge in [0.05, 0.1) is 19.1 Å². The maximum absolute atomic E-state index is 12.9. The molecule has 16 heavy (non-hydrogen) atoms. The molecule has 0 spiro atoms. The van der Waals surface area contributed by atoms with E-state index in [9.17, 15) is 9.18 Å². The number of halogens is 2. The van der Waals surface area contributed by atoms with E-state index in [0.717, 1.165) is 6.20 Å². The zero-order chi connectivity index (χ0) is 11.5. The second kappa shape index (κ2) is 4.52. The van der Waals surface area contributed by atoms with Gasteiger partial charge in [-0.25, -0.2) is 9.37 Å². The summed E-state index contributed by atoms with van der Waals surface area (Å²) < 4.78 is 14.6. The molecule has 0 fully saturated rings. The summed E-state index contributed by atoms with van der Waals surface area (Å²) >= 11 is 3.09. The van der Waals surface area contributed by atoms with Crippen molar-refractivity contribution in [3.8, 4) is 0 Å². The third kappa shape index (κ3) is 2.33. The molecule has 0 aromatic carbocycles. The molecule has 4 nitrogen and oxygen atoms in total. The monoisotopic (exact) mass is 283 g/mol. The molecule has 0 aliphatic rings. The maximum atomic E-state index is 12.9. The van der Waals surface area contributed by atoms with Gasteiger partial charge in [0, 0.05) is 12.4 Å². The van der Waals surface area contributed by atoms with E-state index in [2.05, 4.69) is 25.9 Å². The van der Waals surface area contributed by atoms with Gasteiger partial charge >= 0.3 is 0 Å². The number of rotatable bonds is 2. The average molecular weight is 284 g/mol. The van der Waals surface area contributed by atoms with E-state index in [4.69, 9.17) is 0 Å². The SMILES string of the molecule is O=c1c(Br)cncn1Cc1cncc(F)c1. The highest BCUT2D eigenvalue weighted by molar-refractivity contribution is 9.10. The van der Waals surface area contributed by atoms with Crippen LogP contribution in [0.5, 0.6) is 0 Å². The van der Waals surface area contributed by atoms with Crippen LogP contribution in [0.15, 0.2) is 40.3 Å². The first-order valence-corrected chi connectivity index (χ1v) is 5.25. The van der Waals surface area contributed by atoms with Gasteiger partial charge in [-0.3, -0.25) is 14.3 Å². The van der Waals surface area contributed by atoms with Crippen LogP contribution in [0.3, 0.4) is 0 Å². The lowest BCUT2D eigenvalue weighted by atomic mass is 10.3. The predicted octanol–water partition coefficient (Wildman–Crippen LogP) is 1.59. The molecular formula is C10H7BrFN3O. The summed E-state index contributed by atoms with van der Waals surface area (Å²) in [5.74, 6) is -0.423. The summed E-state index contributed by atoms with van der Waals surface area (Å²) in [4.78, 5) is 19.2. The van der Waals surface area contributed by atoms with Crippen LogP contribution in [0.4, 0.5) is 4.39 Å². The van der Waals surface area contributed by atoms with Gasteiger partial charge in [-0.15, -0.1) is 0 Å². The first kappa shape index (κ1) is 10.9. The van der Waals surface area contributed by atoms with Crippen molar-refractivity contribution in [2.24, 2.45) is 0 Å². The molecule has 2 heterocycles. The lowest BCUT2D eigenvalue weighted by Gasteiger charge is -2.04. The largest absolute Gasteiger partial charge is 0.294 e. The van der Waals surface area contributed by atoms with Gasteiger partial charge in [-0.1, -0.05) is 0 Å². The van der Waals surface area contributed by atoms with E-state index >= 15 is 0 Å². The minimum absolute atomic E-state index is 0.209. The van der Waals surface area contributed by atoms with Crippen LogP contribution < -0.4 is 5.56 Å². The van der Waals surface area contributed by atoms with Gasteiger partial charge in [0.15, 0.2) is 0 Å². The maximum Gasteiger partial charge on any atom is 0.267 e. The molecule has 0 unspecified atom stereocenters. The molecule has 6 heteroatoms.